The van der Waals surface area contributed by atoms with E-state index in [1.807, 2.05) is 30.1 Å². The fraction of sp³-hybridized carbons (Fsp3) is 0.556. The number of guanidine groups is 1. The number of para-hydroxylation sites is 1. The summed E-state index contributed by atoms with van der Waals surface area (Å²) in [5, 5.41) is 4.75. The number of fused-ring (bicyclic) bond motifs is 1. The van der Waals surface area contributed by atoms with Gasteiger partial charge in [0.2, 0.25) is 0 Å². The Labute approximate surface area is 175 Å². The molecule has 1 aromatic carbocycles. The van der Waals surface area contributed by atoms with Crippen molar-refractivity contribution < 1.29 is 0 Å². The standard InChI is InChI=1S/C18H26N4S2.HI/c1-18(2)13-22(11-12-23-18)17(19-3)20-10-6-9-16-21-14-7-4-5-8-15(14)24-16;/h4-5,7-8H,6,9-13H2,1-3H3,(H,19,20);1H. The maximum atomic E-state index is 4.71. The van der Waals surface area contributed by atoms with Gasteiger partial charge in [-0.2, -0.15) is 11.8 Å². The van der Waals surface area contributed by atoms with Crippen molar-refractivity contribution in [1.29, 1.82) is 0 Å². The highest BCUT2D eigenvalue weighted by Gasteiger charge is 2.28. The summed E-state index contributed by atoms with van der Waals surface area (Å²) in [6, 6.07) is 8.36. The lowest BCUT2D eigenvalue weighted by Gasteiger charge is -2.39. The summed E-state index contributed by atoms with van der Waals surface area (Å²) in [5.41, 5.74) is 1.12. The smallest absolute Gasteiger partial charge is 0.193 e. The van der Waals surface area contributed by atoms with Crippen LogP contribution in [0.5, 0.6) is 0 Å². The SMILES string of the molecule is CN=C(NCCCc1nc2ccccc2s1)N1CCSC(C)(C)C1.I. The maximum absolute atomic E-state index is 4.71. The van der Waals surface area contributed by atoms with Crippen molar-refractivity contribution in [2.24, 2.45) is 4.99 Å². The van der Waals surface area contributed by atoms with E-state index in [-0.39, 0.29) is 24.0 Å². The summed E-state index contributed by atoms with van der Waals surface area (Å²) in [6.07, 6.45) is 2.09. The molecule has 1 N–H and O–H groups in total. The Kier molecular flexibility index (Phi) is 7.82. The second kappa shape index (κ2) is 9.41. The number of hydrogen-bond acceptors (Lipinski definition) is 4. The lowest BCUT2D eigenvalue weighted by Crippen LogP contribution is -2.51. The van der Waals surface area contributed by atoms with Crippen LogP contribution in [-0.2, 0) is 6.42 Å². The average Bonchev–Trinajstić information content (AvgIpc) is 2.96. The number of rotatable bonds is 4. The average molecular weight is 490 g/mol. The van der Waals surface area contributed by atoms with Crippen LogP contribution < -0.4 is 5.32 Å². The number of nitrogens with zero attached hydrogens (tertiary/aromatic N) is 3. The second-order valence-corrected chi connectivity index (χ2v) is 9.60. The summed E-state index contributed by atoms with van der Waals surface area (Å²) in [5.74, 6) is 2.20. The fourth-order valence-corrected chi connectivity index (χ4v) is 5.12. The molecular formula is C18H27IN4S2. The molecule has 1 aliphatic rings. The minimum Gasteiger partial charge on any atom is -0.356 e. The van der Waals surface area contributed by atoms with Gasteiger partial charge in [-0.3, -0.25) is 4.99 Å². The van der Waals surface area contributed by atoms with Gasteiger partial charge >= 0.3 is 0 Å². The highest BCUT2D eigenvalue weighted by molar-refractivity contribution is 14.0. The summed E-state index contributed by atoms with van der Waals surface area (Å²) in [4.78, 5) is 11.6. The third kappa shape index (κ3) is 5.72. The first-order chi connectivity index (χ1) is 11.6. The lowest BCUT2D eigenvalue weighted by atomic mass is 10.2. The van der Waals surface area contributed by atoms with E-state index in [0.717, 1.165) is 44.0 Å². The largest absolute Gasteiger partial charge is 0.356 e. The molecule has 0 amide bonds. The molecule has 1 saturated heterocycles. The van der Waals surface area contributed by atoms with E-state index >= 15 is 0 Å². The Bertz CT molecular complexity index is 681. The predicted octanol–water partition coefficient (Wildman–Crippen LogP) is 4.25. The predicted molar refractivity (Wildman–Crippen MR) is 123 cm³/mol. The number of hydrogen-bond donors (Lipinski definition) is 1. The molecule has 4 nitrogen and oxygen atoms in total. The normalized spacial score (nSPS) is 17.4. The third-order valence-electron chi connectivity index (χ3n) is 4.13. The Hall–Kier alpha value is -0.540. The van der Waals surface area contributed by atoms with E-state index in [1.165, 1.54) is 15.5 Å². The zero-order valence-corrected chi connectivity index (χ0v) is 19.1. The van der Waals surface area contributed by atoms with Gasteiger partial charge in [-0.25, -0.2) is 4.98 Å². The zero-order valence-electron chi connectivity index (χ0n) is 15.1. The van der Waals surface area contributed by atoms with Gasteiger partial charge in [-0.1, -0.05) is 12.1 Å². The van der Waals surface area contributed by atoms with Gasteiger partial charge in [0.25, 0.3) is 0 Å². The van der Waals surface area contributed by atoms with Crippen molar-refractivity contribution in [1.82, 2.24) is 15.2 Å². The Morgan fingerprint density at radius 2 is 2.16 bits per heavy atom. The Morgan fingerprint density at radius 1 is 1.36 bits per heavy atom. The van der Waals surface area contributed by atoms with Gasteiger partial charge in [-0.15, -0.1) is 35.3 Å². The van der Waals surface area contributed by atoms with Crippen molar-refractivity contribution in [2.45, 2.75) is 31.4 Å². The molecule has 2 heterocycles. The molecule has 3 rings (SSSR count). The molecule has 0 aliphatic carbocycles. The molecule has 7 heteroatoms. The minimum atomic E-state index is 0. The van der Waals surface area contributed by atoms with Crippen LogP contribution in [-0.4, -0.2) is 53.0 Å². The summed E-state index contributed by atoms with van der Waals surface area (Å²) in [7, 11) is 1.88. The number of aromatic nitrogens is 1. The van der Waals surface area contributed by atoms with Crippen LogP contribution in [0.2, 0.25) is 0 Å². The van der Waals surface area contributed by atoms with Crippen molar-refractivity contribution in [3.63, 3.8) is 0 Å². The maximum Gasteiger partial charge on any atom is 0.193 e. The van der Waals surface area contributed by atoms with Crippen molar-refractivity contribution >= 4 is 63.3 Å². The first-order valence-electron chi connectivity index (χ1n) is 8.51. The number of aliphatic imine (C=N–C) groups is 1. The fourth-order valence-electron chi connectivity index (χ4n) is 3.00. The summed E-state index contributed by atoms with van der Waals surface area (Å²) in [6.45, 7) is 7.68. The number of aryl methyl sites for hydroxylation is 1. The van der Waals surface area contributed by atoms with Gasteiger partial charge in [0.15, 0.2) is 5.96 Å². The quantitative estimate of drug-likeness (QED) is 0.301. The number of thioether (sulfide) groups is 1. The number of nitrogens with one attached hydrogen (secondary N) is 1. The van der Waals surface area contributed by atoms with Crippen LogP contribution in [0.1, 0.15) is 25.3 Å². The van der Waals surface area contributed by atoms with E-state index in [4.69, 9.17) is 4.98 Å². The Balaban J connectivity index is 0.00000225. The molecular weight excluding hydrogens is 463 g/mol. The third-order valence-corrected chi connectivity index (χ3v) is 6.52. The number of halogens is 1. The van der Waals surface area contributed by atoms with Crippen LogP contribution in [0.15, 0.2) is 29.3 Å². The van der Waals surface area contributed by atoms with Crippen molar-refractivity contribution in [3.05, 3.63) is 29.3 Å². The highest BCUT2D eigenvalue weighted by Crippen LogP contribution is 2.29. The topological polar surface area (TPSA) is 40.5 Å². The molecule has 0 radical (unpaired) electrons. The van der Waals surface area contributed by atoms with Crippen molar-refractivity contribution in [3.8, 4) is 0 Å². The van der Waals surface area contributed by atoms with Gasteiger partial charge in [-0.05, 0) is 32.4 Å². The molecule has 1 aliphatic heterocycles. The van der Waals surface area contributed by atoms with E-state index in [0.29, 0.717) is 4.75 Å². The first kappa shape index (κ1) is 20.8. The summed E-state index contributed by atoms with van der Waals surface area (Å²) < 4.78 is 1.58. The van der Waals surface area contributed by atoms with Crippen LogP contribution >= 0.6 is 47.1 Å². The molecule has 0 unspecified atom stereocenters. The number of benzene rings is 1. The van der Waals surface area contributed by atoms with Crippen LogP contribution in [0, 0.1) is 0 Å². The molecule has 0 spiro atoms. The van der Waals surface area contributed by atoms with E-state index in [2.05, 4.69) is 53.3 Å². The molecule has 0 atom stereocenters. The van der Waals surface area contributed by atoms with Gasteiger partial charge in [0, 0.05) is 43.6 Å². The van der Waals surface area contributed by atoms with Crippen molar-refractivity contribution in [2.75, 3.05) is 32.4 Å². The van der Waals surface area contributed by atoms with Crippen LogP contribution in [0.3, 0.4) is 0 Å². The Morgan fingerprint density at radius 3 is 2.88 bits per heavy atom. The highest BCUT2D eigenvalue weighted by atomic mass is 127. The van der Waals surface area contributed by atoms with Gasteiger partial charge in [0.1, 0.15) is 0 Å². The van der Waals surface area contributed by atoms with Gasteiger partial charge < -0.3 is 10.2 Å². The molecule has 0 saturated carbocycles. The van der Waals surface area contributed by atoms with Crippen LogP contribution in [0.25, 0.3) is 10.2 Å². The molecule has 0 bridgehead atoms. The van der Waals surface area contributed by atoms with Gasteiger partial charge in [0.05, 0.1) is 15.2 Å². The minimum absolute atomic E-state index is 0. The molecule has 138 valence electrons. The molecule has 25 heavy (non-hydrogen) atoms. The van der Waals surface area contributed by atoms with E-state index < -0.39 is 0 Å². The lowest BCUT2D eigenvalue weighted by molar-refractivity contribution is 0.375. The monoisotopic (exact) mass is 490 g/mol. The molecule has 1 fully saturated rings. The zero-order chi connectivity index (χ0) is 17.0. The summed E-state index contributed by atoms with van der Waals surface area (Å²) >= 11 is 3.86. The number of thiazole rings is 1. The molecule has 2 aromatic rings. The first-order valence-corrected chi connectivity index (χ1v) is 10.3. The van der Waals surface area contributed by atoms with E-state index in [9.17, 15) is 0 Å². The van der Waals surface area contributed by atoms with Crippen LogP contribution in [0.4, 0.5) is 0 Å². The second-order valence-electron chi connectivity index (χ2n) is 6.68. The van der Waals surface area contributed by atoms with E-state index in [1.54, 1.807) is 0 Å². The molecule has 1 aromatic heterocycles.